The van der Waals surface area contributed by atoms with Crippen LogP contribution in [0.15, 0.2) is 10.6 Å². The third-order valence-corrected chi connectivity index (χ3v) is 2.69. The van der Waals surface area contributed by atoms with E-state index >= 15 is 0 Å². The Morgan fingerprint density at radius 3 is 3.20 bits per heavy atom. The molecule has 1 aliphatic heterocycles. The van der Waals surface area contributed by atoms with Gasteiger partial charge in [0.25, 0.3) is 5.91 Å². The first kappa shape index (κ1) is 10.2. The Kier molecular flexibility index (Phi) is 2.73. The third-order valence-electron chi connectivity index (χ3n) is 2.69. The number of aromatic nitrogens is 1. The topological polar surface area (TPSA) is 66.6 Å². The van der Waals surface area contributed by atoms with Gasteiger partial charge in [-0.2, -0.15) is 0 Å². The van der Waals surface area contributed by atoms with Gasteiger partial charge in [0, 0.05) is 12.6 Å². The number of carbonyl (C=O) groups excluding carboxylic acids is 1. The summed E-state index contributed by atoms with van der Waals surface area (Å²) >= 11 is 0. The van der Waals surface area contributed by atoms with Crippen molar-refractivity contribution in [1.82, 2.24) is 10.1 Å². The fourth-order valence-corrected chi connectivity index (χ4v) is 1.90. The van der Waals surface area contributed by atoms with Crippen LogP contribution in [0, 0.1) is 6.92 Å². The molecular formula is C10H14N2O3. The minimum atomic E-state index is -0.174. The van der Waals surface area contributed by atoms with E-state index in [-0.39, 0.29) is 24.3 Å². The quantitative estimate of drug-likeness (QED) is 0.775. The summed E-state index contributed by atoms with van der Waals surface area (Å²) in [4.78, 5) is 13.6. The predicted octanol–water partition coefficient (Wildman–Crippen LogP) is 0.580. The number of amides is 1. The van der Waals surface area contributed by atoms with E-state index < -0.39 is 0 Å². The van der Waals surface area contributed by atoms with Gasteiger partial charge in [-0.15, -0.1) is 0 Å². The van der Waals surface area contributed by atoms with E-state index in [1.807, 2.05) is 0 Å². The van der Waals surface area contributed by atoms with Crippen molar-refractivity contribution in [2.24, 2.45) is 0 Å². The first-order valence-corrected chi connectivity index (χ1v) is 5.07. The summed E-state index contributed by atoms with van der Waals surface area (Å²) in [6, 6.07) is 1.55. The molecule has 0 unspecified atom stereocenters. The van der Waals surface area contributed by atoms with E-state index in [1.165, 1.54) is 0 Å². The van der Waals surface area contributed by atoms with Crippen molar-refractivity contribution >= 4 is 5.91 Å². The lowest BCUT2D eigenvalue weighted by Gasteiger charge is -2.21. The van der Waals surface area contributed by atoms with E-state index in [4.69, 9.17) is 9.63 Å². The summed E-state index contributed by atoms with van der Waals surface area (Å²) < 4.78 is 4.91. The minimum absolute atomic E-state index is 0.0128. The SMILES string of the molecule is Cc1cc(C(=O)N2CCC[C@H]2CO)on1. The molecule has 1 atom stereocenters. The fraction of sp³-hybridized carbons (Fsp3) is 0.600. The number of aryl methyl sites for hydroxylation is 1. The average Bonchev–Trinajstić information content (AvgIpc) is 2.84. The van der Waals surface area contributed by atoms with Gasteiger partial charge in [0.05, 0.1) is 18.3 Å². The summed E-state index contributed by atoms with van der Waals surface area (Å²) in [6.07, 6.45) is 1.79. The second-order valence-electron chi connectivity index (χ2n) is 3.81. The van der Waals surface area contributed by atoms with Crippen LogP contribution in [0.4, 0.5) is 0 Å². The minimum Gasteiger partial charge on any atom is -0.394 e. The van der Waals surface area contributed by atoms with E-state index in [1.54, 1.807) is 17.9 Å². The Morgan fingerprint density at radius 1 is 1.80 bits per heavy atom. The molecule has 1 fully saturated rings. The normalized spacial score (nSPS) is 20.9. The van der Waals surface area contributed by atoms with Gasteiger partial charge in [0.15, 0.2) is 0 Å². The van der Waals surface area contributed by atoms with Gasteiger partial charge in [0.1, 0.15) is 0 Å². The number of aliphatic hydroxyl groups excluding tert-OH is 1. The number of nitrogens with zero attached hydrogens (tertiary/aromatic N) is 2. The van der Waals surface area contributed by atoms with Gasteiger partial charge in [-0.3, -0.25) is 4.79 Å². The standard InChI is InChI=1S/C10H14N2O3/c1-7-5-9(15-11-7)10(14)12-4-2-3-8(12)6-13/h5,8,13H,2-4,6H2,1H3/t8-/m0/s1. The zero-order chi connectivity index (χ0) is 10.8. The largest absolute Gasteiger partial charge is 0.394 e. The summed E-state index contributed by atoms with van der Waals surface area (Å²) in [5, 5.41) is 12.8. The van der Waals surface area contributed by atoms with Crippen LogP contribution in [-0.2, 0) is 0 Å². The smallest absolute Gasteiger partial charge is 0.292 e. The van der Waals surface area contributed by atoms with Gasteiger partial charge in [0.2, 0.25) is 5.76 Å². The molecule has 1 saturated heterocycles. The Labute approximate surface area is 87.7 Å². The highest BCUT2D eigenvalue weighted by Crippen LogP contribution is 2.19. The van der Waals surface area contributed by atoms with E-state index in [0.29, 0.717) is 12.2 Å². The third kappa shape index (κ3) is 1.87. The maximum atomic E-state index is 11.9. The van der Waals surface area contributed by atoms with Crippen molar-refractivity contribution < 1.29 is 14.4 Å². The Morgan fingerprint density at radius 2 is 2.60 bits per heavy atom. The van der Waals surface area contributed by atoms with Gasteiger partial charge < -0.3 is 14.5 Å². The Balaban J connectivity index is 2.13. The highest BCUT2D eigenvalue weighted by Gasteiger charge is 2.30. The highest BCUT2D eigenvalue weighted by atomic mass is 16.5. The monoisotopic (exact) mass is 210 g/mol. The van der Waals surface area contributed by atoms with Crippen LogP contribution in [0.5, 0.6) is 0 Å². The lowest BCUT2D eigenvalue weighted by atomic mass is 10.2. The fourth-order valence-electron chi connectivity index (χ4n) is 1.90. The number of rotatable bonds is 2. The van der Waals surface area contributed by atoms with Gasteiger partial charge in [-0.25, -0.2) is 0 Å². The van der Waals surface area contributed by atoms with Crippen molar-refractivity contribution in [2.45, 2.75) is 25.8 Å². The zero-order valence-electron chi connectivity index (χ0n) is 8.64. The molecule has 0 spiro atoms. The number of likely N-dealkylation sites (tertiary alicyclic amines) is 1. The molecule has 5 heteroatoms. The number of aliphatic hydroxyl groups is 1. The van der Waals surface area contributed by atoms with Gasteiger partial charge in [-0.1, -0.05) is 5.16 Å². The zero-order valence-corrected chi connectivity index (χ0v) is 8.64. The predicted molar refractivity (Wildman–Crippen MR) is 52.4 cm³/mol. The van der Waals surface area contributed by atoms with Gasteiger partial charge >= 0.3 is 0 Å². The molecule has 0 aromatic carbocycles. The summed E-state index contributed by atoms with van der Waals surface area (Å²) in [5.41, 5.74) is 0.693. The molecule has 1 aromatic heterocycles. The number of carbonyl (C=O) groups is 1. The highest BCUT2D eigenvalue weighted by molar-refractivity contribution is 5.91. The molecule has 1 amide bonds. The molecule has 1 N–H and O–H groups in total. The van der Waals surface area contributed by atoms with Crippen LogP contribution in [0.1, 0.15) is 29.1 Å². The summed E-state index contributed by atoms with van der Waals surface area (Å²) in [7, 11) is 0. The molecule has 0 aliphatic carbocycles. The molecule has 0 radical (unpaired) electrons. The second kappa shape index (κ2) is 4.02. The van der Waals surface area contributed by atoms with Gasteiger partial charge in [-0.05, 0) is 19.8 Å². The molecule has 15 heavy (non-hydrogen) atoms. The van der Waals surface area contributed by atoms with E-state index in [0.717, 1.165) is 12.8 Å². The lowest BCUT2D eigenvalue weighted by molar-refractivity contribution is 0.0636. The van der Waals surface area contributed by atoms with E-state index in [2.05, 4.69) is 5.16 Å². The molecule has 1 aliphatic rings. The summed E-state index contributed by atoms with van der Waals surface area (Å²) in [6.45, 7) is 2.47. The van der Waals surface area contributed by atoms with Crippen LogP contribution < -0.4 is 0 Å². The Bertz CT molecular complexity index is 361. The van der Waals surface area contributed by atoms with Crippen LogP contribution in [-0.4, -0.2) is 40.3 Å². The molecular weight excluding hydrogens is 196 g/mol. The maximum absolute atomic E-state index is 11.9. The average molecular weight is 210 g/mol. The van der Waals surface area contributed by atoms with Crippen molar-refractivity contribution in [3.63, 3.8) is 0 Å². The van der Waals surface area contributed by atoms with Crippen molar-refractivity contribution in [1.29, 1.82) is 0 Å². The molecule has 2 heterocycles. The van der Waals surface area contributed by atoms with Crippen LogP contribution >= 0.6 is 0 Å². The van der Waals surface area contributed by atoms with E-state index in [9.17, 15) is 4.79 Å². The lowest BCUT2D eigenvalue weighted by Crippen LogP contribution is -2.37. The Hall–Kier alpha value is -1.36. The first-order valence-electron chi connectivity index (χ1n) is 5.07. The summed E-state index contributed by atoms with van der Waals surface area (Å²) in [5.74, 6) is 0.0833. The molecule has 5 nitrogen and oxygen atoms in total. The van der Waals surface area contributed by atoms with Crippen LogP contribution in [0.25, 0.3) is 0 Å². The molecule has 2 rings (SSSR count). The van der Waals surface area contributed by atoms with Crippen molar-refractivity contribution in [2.75, 3.05) is 13.2 Å². The molecule has 0 bridgehead atoms. The maximum Gasteiger partial charge on any atom is 0.292 e. The van der Waals surface area contributed by atoms with Crippen molar-refractivity contribution in [3.8, 4) is 0 Å². The molecule has 1 aromatic rings. The second-order valence-corrected chi connectivity index (χ2v) is 3.81. The first-order chi connectivity index (χ1) is 7.22. The van der Waals surface area contributed by atoms with Crippen molar-refractivity contribution in [3.05, 3.63) is 17.5 Å². The molecule has 82 valence electrons. The van der Waals surface area contributed by atoms with Crippen LogP contribution in [0.2, 0.25) is 0 Å². The molecule has 0 saturated carbocycles. The van der Waals surface area contributed by atoms with Crippen LogP contribution in [0.3, 0.4) is 0 Å². The number of hydrogen-bond donors (Lipinski definition) is 1. The number of hydrogen-bond acceptors (Lipinski definition) is 4.